The lowest BCUT2D eigenvalue weighted by Gasteiger charge is -2.01. The number of halogens is 2. The Balaban J connectivity index is 2.04. The van der Waals surface area contributed by atoms with E-state index in [9.17, 15) is 4.79 Å². The van der Waals surface area contributed by atoms with Gasteiger partial charge in [0, 0.05) is 15.5 Å². The van der Waals surface area contributed by atoms with Crippen molar-refractivity contribution in [3.63, 3.8) is 0 Å². The summed E-state index contributed by atoms with van der Waals surface area (Å²) in [5.74, 6) is -0.578. The highest BCUT2D eigenvalue weighted by molar-refractivity contribution is 7.18. The van der Waals surface area contributed by atoms with E-state index in [0.717, 1.165) is 15.3 Å². The molecule has 0 aliphatic heterocycles. The maximum Gasteiger partial charge on any atom is 0.254 e. The number of primary amides is 1. The van der Waals surface area contributed by atoms with E-state index in [1.807, 2.05) is 18.2 Å². The molecule has 2 N–H and O–H groups in total. The summed E-state index contributed by atoms with van der Waals surface area (Å²) in [4.78, 5) is 13.0. The lowest BCUT2D eigenvalue weighted by Crippen LogP contribution is -2.10. The van der Waals surface area contributed by atoms with Crippen LogP contribution in [0.2, 0.25) is 10.0 Å². The Morgan fingerprint density at radius 1 is 1.19 bits per heavy atom. The predicted octanol–water partition coefficient (Wildman–Crippen LogP) is 4.48. The second-order valence-electron chi connectivity index (χ2n) is 4.23. The number of carbonyl (C=O) groups is 1. The number of nitrogens with two attached hydrogens (primary N) is 1. The molecule has 0 bridgehead atoms. The Bertz CT molecular complexity index is 826. The van der Waals surface area contributed by atoms with Gasteiger partial charge < -0.3 is 10.3 Å². The molecule has 0 saturated heterocycles. The first kappa shape index (κ1) is 14.1. The monoisotopic (exact) mass is 338 g/mol. The van der Waals surface area contributed by atoms with Gasteiger partial charge in [-0.1, -0.05) is 34.4 Å². The molecule has 3 rings (SSSR count). The topological polar surface area (TPSA) is 69.1 Å². The Hall–Kier alpha value is -1.82. The molecular formula is C14H8Cl2N2O2S. The van der Waals surface area contributed by atoms with Crippen LogP contribution in [0.1, 0.15) is 10.4 Å². The first-order valence-corrected chi connectivity index (χ1v) is 7.43. The van der Waals surface area contributed by atoms with Crippen LogP contribution in [0, 0.1) is 0 Å². The first-order valence-electron chi connectivity index (χ1n) is 5.86. The zero-order valence-electron chi connectivity index (χ0n) is 10.5. The van der Waals surface area contributed by atoms with E-state index in [2.05, 4.69) is 5.16 Å². The molecule has 106 valence electrons. The number of aromatic nitrogens is 1. The van der Waals surface area contributed by atoms with Crippen LogP contribution in [0.4, 0.5) is 0 Å². The van der Waals surface area contributed by atoms with Crippen molar-refractivity contribution in [2.24, 2.45) is 5.73 Å². The van der Waals surface area contributed by atoms with Crippen molar-refractivity contribution in [3.8, 4) is 21.0 Å². The van der Waals surface area contributed by atoms with Gasteiger partial charge in [-0.05, 0) is 24.3 Å². The van der Waals surface area contributed by atoms with Gasteiger partial charge >= 0.3 is 0 Å². The fourth-order valence-electron chi connectivity index (χ4n) is 1.89. The summed E-state index contributed by atoms with van der Waals surface area (Å²) in [5.41, 5.74) is 6.84. The third kappa shape index (κ3) is 2.68. The summed E-state index contributed by atoms with van der Waals surface area (Å²) in [5, 5.41) is 4.97. The Kier molecular flexibility index (Phi) is 3.71. The molecule has 0 aliphatic rings. The molecule has 0 aliphatic carbocycles. The van der Waals surface area contributed by atoms with E-state index in [1.165, 1.54) is 17.6 Å². The van der Waals surface area contributed by atoms with Gasteiger partial charge in [0.1, 0.15) is 17.5 Å². The third-order valence-corrected chi connectivity index (χ3v) is 4.54. The molecule has 0 unspecified atom stereocenters. The maximum absolute atomic E-state index is 11.3. The minimum atomic E-state index is -0.578. The molecular weight excluding hydrogens is 331 g/mol. The summed E-state index contributed by atoms with van der Waals surface area (Å²) < 4.78 is 4.83. The van der Waals surface area contributed by atoms with Crippen molar-refractivity contribution < 1.29 is 9.32 Å². The van der Waals surface area contributed by atoms with Crippen molar-refractivity contribution >= 4 is 40.4 Å². The summed E-state index contributed by atoms with van der Waals surface area (Å²) in [6, 6.07) is 9.04. The molecule has 4 nitrogen and oxygen atoms in total. The van der Waals surface area contributed by atoms with E-state index in [-0.39, 0.29) is 5.56 Å². The minimum absolute atomic E-state index is 0.255. The lowest BCUT2D eigenvalue weighted by atomic mass is 10.2. The number of rotatable bonds is 3. The van der Waals surface area contributed by atoms with Crippen LogP contribution < -0.4 is 5.73 Å². The largest absolute Gasteiger partial charge is 0.365 e. The second kappa shape index (κ2) is 5.52. The number of nitrogens with zero attached hydrogens (tertiary/aromatic N) is 1. The molecule has 7 heteroatoms. The van der Waals surface area contributed by atoms with E-state index in [4.69, 9.17) is 33.5 Å². The number of benzene rings is 1. The van der Waals surface area contributed by atoms with Crippen molar-refractivity contribution in [2.45, 2.75) is 0 Å². The van der Waals surface area contributed by atoms with Crippen molar-refractivity contribution in [1.82, 2.24) is 5.16 Å². The molecule has 2 heterocycles. The number of hydrogen-bond acceptors (Lipinski definition) is 4. The van der Waals surface area contributed by atoms with Gasteiger partial charge in [-0.2, -0.15) is 0 Å². The normalized spacial score (nSPS) is 10.8. The fourth-order valence-corrected chi connectivity index (χ4v) is 3.50. The summed E-state index contributed by atoms with van der Waals surface area (Å²) in [6.07, 6.45) is 1.24. The molecule has 0 saturated carbocycles. The molecule has 1 aromatic carbocycles. The molecule has 0 atom stereocenters. The van der Waals surface area contributed by atoms with Crippen molar-refractivity contribution in [2.75, 3.05) is 0 Å². The molecule has 1 amide bonds. The molecule has 2 aromatic heterocycles. The number of carbonyl (C=O) groups excluding carboxylic acids is 1. The number of hydrogen-bond donors (Lipinski definition) is 1. The number of thiophene rings is 1. The van der Waals surface area contributed by atoms with Gasteiger partial charge in [0.05, 0.1) is 9.90 Å². The molecule has 21 heavy (non-hydrogen) atoms. The third-order valence-electron chi connectivity index (χ3n) is 2.87. The highest BCUT2D eigenvalue weighted by Gasteiger charge is 2.17. The predicted molar refractivity (Wildman–Crippen MR) is 83.8 cm³/mol. The van der Waals surface area contributed by atoms with Crippen LogP contribution in [0.5, 0.6) is 0 Å². The average Bonchev–Trinajstić information content (AvgIpc) is 3.06. The van der Waals surface area contributed by atoms with Gasteiger partial charge in [0.2, 0.25) is 0 Å². The smallest absolute Gasteiger partial charge is 0.254 e. The zero-order valence-corrected chi connectivity index (χ0v) is 12.8. The van der Waals surface area contributed by atoms with Gasteiger partial charge in [0.15, 0.2) is 0 Å². The summed E-state index contributed by atoms with van der Waals surface area (Å²) >= 11 is 13.5. The van der Waals surface area contributed by atoms with Gasteiger partial charge in [-0.15, -0.1) is 11.3 Å². The Morgan fingerprint density at radius 2 is 1.95 bits per heavy atom. The maximum atomic E-state index is 11.3. The minimum Gasteiger partial charge on any atom is -0.365 e. The SMILES string of the molecule is NC(=O)c1conc1-c1ccc(-c2ccc(Cl)cc2Cl)s1. The van der Waals surface area contributed by atoms with E-state index in [1.54, 1.807) is 12.1 Å². The second-order valence-corrected chi connectivity index (χ2v) is 6.16. The van der Waals surface area contributed by atoms with Crippen LogP contribution in [-0.4, -0.2) is 11.1 Å². The zero-order chi connectivity index (χ0) is 15.0. The molecule has 0 fully saturated rings. The molecule has 3 aromatic rings. The Labute approximate surface area is 134 Å². The quantitative estimate of drug-likeness (QED) is 0.765. The lowest BCUT2D eigenvalue weighted by molar-refractivity contribution is 0.100. The van der Waals surface area contributed by atoms with Gasteiger partial charge in [-0.3, -0.25) is 4.79 Å². The first-order chi connectivity index (χ1) is 10.1. The van der Waals surface area contributed by atoms with Crippen LogP contribution in [-0.2, 0) is 0 Å². The van der Waals surface area contributed by atoms with E-state index in [0.29, 0.717) is 15.7 Å². The summed E-state index contributed by atoms with van der Waals surface area (Å²) in [7, 11) is 0. The van der Waals surface area contributed by atoms with E-state index < -0.39 is 5.91 Å². The average molecular weight is 339 g/mol. The highest BCUT2D eigenvalue weighted by Crippen LogP contribution is 2.38. The van der Waals surface area contributed by atoms with Crippen LogP contribution in [0.3, 0.4) is 0 Å². The number of amides is 1. The van der Waals surface area contributed by atoms with Crippen LogP contribution >= 0.6 is 34.5 Å². The van der Waals surface area contributed by atoms with Gasteiger partial charge in [-0.25, -0.2) is 0 Å². The standard InChI is InChI=1S/C14H8Cl2N2O2S/c15-7-1-2-8(10(16)5-7)11-3-4-12(21-11)13-9(14(17)19)6-20-18-13/h1-6H,(H2,17,19). The summed E-state index contributed by atoms with van der Waals surface area (Å²) in [6.45, 7) is 0. The molecule has 0 spiro atoms. The fraction of sp³-hybridized carbons (Fsp3) is 0. The van der Waals surface area contributed by atoms with E-state index >= 15 is 0 Å². The van der Waals surface area contributed by atoms with Gasteiger partial charge in [0.25, 0.3) is 5.91 Å². The van der Waals surface area contributed by atoms with Crippen LogP contribution in [0.25, 0.3) is 21.0 Å². The van der Waals surface area contributed by atoms with Crippen molar-refractivity contribution in [3.05, 3.63) is 52.2 Å². The van der Waals surface area contributed by atoms with Crippen molar-refractivity contribution in [1.29, 1.82) is 0 Å². The van der Waals surface area contributed by atoms with Crippen LogP contribution in [0.15, 0.2) is 41.1 Å². The Morgan fingerprint density at radius 3 is 2.67 bits per heavy atom. The highest BCUT2D eigenvalue weighted by atomic mass is 35.5. The molecule has 0 radical (unpaired) electrons.